The van der Waals surface area contributed by atoms with E-state index in [2.05, 4.69) is 19.9 Å². The van der Waals surface area contributed by atoms with Crippen LogP contribution in [0, 0.1) is 0 Å². The molecule has 0 aromatic carbocycles. The van der Waals surface area contributed by atoms with Crippen molar-refractivity contribution < 1.29 is 9.47 Å². The van der Waals surface area contributed by atoms with Crippen LogP contribution in [0.15, 0.2) is 0 Å². The molecular weight excluding hydrogens is 246 g/mol. The van der Waals surface area contributed by atoms with Gasteiger partial charge in [-0.25, -0.2) is 0 Å². The molecule has 1 saturated heterocycles. The maximum absolute atomic E-state index is 5.70. The van der Waals surface area contributed by atoms with Crippen LogP contribution in [0.25, 0.3) is 0 Å². The van der Waals surface area contributed by atoms with Crippen LogP contribution in [0.2, 0.25) is 0 Å². The van der Waals surface area contributed by atoms with E-state index in [9.17, 15) is 0 Å². The lowest BCUT2D eigenvalue weighted by molar-refractivity contribution is 0.0607. The second-order valence-electron chi connectivity index (χ2n) is 4.56. The molecule has 1 aromatic heterocycles. The number of hydrogen-bond acceptors (Lipinski definition) is 7. The zero-order chi connectivity index (χ0) is 13.7. The summed E-state index contributed by atoms with van der Waals surface area (Å²) < 4.78 is 10.9. The van der Waals surface area contributed by atoms with Crippen LogP contribution >= 0.6 is 0 Å². The molecule has 0 bridgehead atoms. The van der Waals surface area contributed by atoms with Crippen LogP contribution < -0.4 is 15.4 Å². The first kappa shape index (κ1) is 13.8. The van der Waals surface area contributed by atoms with Crippen molar-refractivity contribution in [2.45, 2.75) is 32.8 Å². The summed E-state index contributed by atoms with van der Waals surface area (Å²) in [5.41, 5.74) is 5.70. The first-order valence-corrected chi connectivity index (χ1v) is 6.70. The Morgan fingerprint density at radius 2 is 2.00 bits per heavy atom. The molecular formula is C12H21N5O2. The van der Waals surface area contributed by atoms with Gasteiger partial charge in [0.15, 0.2) is 0 Å². The fourth-order valence-corrected chi connectivity index (χ4v) is 1.97. The smallest absolute Gasteiger partial charge is 0.323 e. The van der Waals surface area contributed by atoms with Gasteiger partial charge in [0.25, 0.3) is 0 Å². The molecule has 0 radical (unpaired) electrons. The molecule has 2 rings (SSSR count). The highest BCUT2D eigenvalue weighted by Crippen LogP contribution is 2.18. The maximum Gasteiger partial charge on any atom is 0.323 e. The molecule has 0 amide bonds. The molecule has 0 saturated carbocycles. The fraction of sp³-hybridized carbons (Fsp3) is 0.750. The molecule has 1 aliphatic heterocycles. The summed E-state index contributed by atoms with van der Waals surface area (Å²) >= 11 is 0. The maximum atomic E-state index is 5.70. The lowest BCUT2D eigenvalue weighted by Gasteiger charge is -2.17. The summed E-state index contributed by atoms with van der Waals surface area (Å²) in [6, 6.07) is 0.265. The molecule has 1 aliphatic rings. The van der Waals surface area contributed by atoms with E-state index in [1.54, 1.807) is 0 Å². The normalized spacial score (nSPS) is 16.6. The Morgan fingerprint density at radius 1 is 1.26 bits per heavy atom. The predicted molar refractivity (Wildman–Crippen MR) is 72.3 cm³/mol. The summed E-state index contributed by atoms with van der Waals surface area (Å²) in [6.07, 6.45) is 2.19. The molecule has 0 aliphatic carbocycles. The van der Waals surface area contributed by atoms with Crippen molar-refractivity contribution in [2.24, 2.45) is 0 Å². The van der Waals surface area contributed by atoms with Gasteiger partial charge in [-0.1, -0.05) is 0 Å². The van der Waals surface area contributed by atoms with Crippen molar-refractivity contribution in [3.05, 3.63) is 0 Å². The summed E-state index contributed by atoms with van der Waals surface area (Å²) in [5, 5.41) is 0. The van der Waals surface area contributed by atoms with Crippen molar-refractivity contribution in [3.63, 3.8) is 0 Å². The van der Waals surface area contributed by atoms with E-state index in [1.165, 1.54) is 0 Å². The number of nitrogens with zero attached hydrogens (tertiary/aromatic N) is 4. The molecule has 0 spiro atoms. The van der Waals surface area contributed by atoms with Crippen LogP contribution in [0.4, 0.5) is 11.9 Å². The lowest BCUT2D eigenvalue weighted by atomic mass is 10.4. The highest BCUT2D eigenvalue weighted by molar-refractivity contribution is 5.36. The van der Waals surface area contributed by atoms with Gasteiger partial charge in [-0.15, -0.1) is 0 Å². The Hall–Kier alpha value is -1.63. The average Bonchev–Trinajstić information content (AvgIpc) is 2.89. The Labute approximate surface area is 113 Å². The predicted octanol–water partition coefficient (Wildman–Crippen LogP) is 0.858. The molecule has 19 heavy (non-hydrogen) atoms. The van der Waals surface area contributed by atoms with Crippen molar-refractivity contribution in [3.8, 4) is 6.01 Å². The van der Waals surface area contributed by atoms with Gasteiger partial charge in [-0.3, -0.25) is 0 Å². The molecule has 7 nitrogen and oxygen atoms in total. The van der Waals surface area contributed by atoms with Gasteiger partial charge in [-0.05, 0) is 26.7 Å². The molecule has 2 heterocycles. The number of aromatic nitrogens is 3. The second-order valence-corrected chi connectivity index (χ2v) is 4.56. The minimum Gasteiger partial charge on any atom is -0.458 e. The third kappa shape index (κ3) is 3.92. The van der Waals surface area contributed by atoms with Gasteiger partial charge in [0.1, 0.15) is 6.10 Å². The van der Waals surface area contributed by atoms with Crippen LogP contribution in [-0.4, -0.2) is 47.4 Å². The SMILES string of the molecule is CCOCC(C)Oc1nc(N)nc(N2CCCC2)n1. The summed E-state index contributed by atoms with van der Waals surface area (Å²) in [4.78, 5) is 14.6. The van der Waals surface area contributed by atoms with E-state index < -0.39 is 0 Å². The van der Waals surface area contributed by atoms with E-state index >= 15 is 0 Å². The van der Waals surface area contributed by atoms with Crippen molar-refractivity contribution in [1.82, 2.24) is 15.0 Å². The van der Waals surface area contributed by atoms with Gasteiger partial charge >= 0.3 is 6.01 Å². The molecule has 106 valence electrons. The van der Waals surface area contributed by atoms with E-state index in [0.717, 1.165) is 25.9 Å². The molecule has 1 unspecified atom stereocenters. The van der Waals surface area contributed by atoms with Crippen LogP contribution in [0.5, 0.6) is 6.01 Å². The van der Waals surface area contributed by atoms with Gasteiger partial charge in [0.05, 0.1) is 6.61 Å². The van der Waals surface area contributed by atoms with E-state index in [4.69, 9.17) is 15.2 Å². The number of rotatable bonds is 6. The Bertz CT molecular complexity index is 409. The van der Waals surface area contributed by atoms with E-state index in [0.29, 0.717) is 19.2 Å². The zero-order valence-corrected chi connectivity index (χ0v) is 11.5. The summed E-state index contributed by atoms with van der Waals surface area (Å²) in [7, 11) is 0. The van der Waals surface area contributed by atoms with Crippen molar-refractivity contribution in [2.75, 3.05) is 36.9 Å². The van der Waals surface area contributed by atoms with Crippen molar-refractivity contribution >= 4 is 11.9 Å². The molecule has 7 heteroatoms. The second kappa shape index (κ2) is 6.51. The minimum atomic E-state index is -0.117. The number of nitrogens with two attached hydrogens (primary N) is 1. The first-order valence-electron chi connectivity index (χ1n) is 6.70. The number of hydrogen-bond donors (Lipinski definition) is 1. The van der Waals surface area contributed by atoms with Crippen LogP contribution in [0.1, 0.15) is 26.7 Å². The van der Waals surface area contributed by atoms with Gasteiger partial charge in [-0.2, -0.15) is 15.0 Å². The number of nitrogen functional groups attached to an aromatic ring is 1. The lowest BCUT2D eigenvalue weighted by Crippen LogP contribution is -2.24. The minimum absolute atomic E-state index is 0.117. The molecule has 1 fully saturated rings. The van der Waals surface area contributed by atoms with Crippen LogP contribution in [-0.2, 0) is 4.74 Å². The topological polar surface area (TPSA) is 86.4 Å². The quantitative estimate of drug-likeness (QED) is 0.817. The van der Waals surface area contributed by atoms with Gasteiger partial charge in [0.2, 0.25) is 11.9 Å². The molecule has 1 atom stereocenters. The monoisotopic (exact) mass is 267 g/mol. The van der Waals surface area contributed by atoms with E-state index in [1.807, 2.05) is 13.8 Å². The molecule has 1 aromatic rings. The van der Waals surface area contributed by atoms with Gasteiger partial charge < -0.3 is 20.1 Å². The van der Waals surface area contributed by atoms with Gasteiger partial charge in [0, 0.05) is 19.7 Å². The summed E-state index contributed by atoms with van der Waals surface area (Å²) in [5.74, 6) is 0.791. The largest absolute Gasteiger partial charge is 0.458 e. The molecule has 2 N–H and O–H groups in total. The third-order valence-electron chi connectivity index (χ3n) is 2.87. The first-order chi connectivity index (χ1) is 9.19. The van der Waals surface area contributed by atoms with E-state index in [-0.39, 0.29) is 18.1 Å². The average molecular weight is 267 g/mol. The fourth-order valence-electron chi connectivity index (χ4n) is 1.97. The highest BCUT2D eigenvalue weighted by Gasteiger charge is 2.18. The Balaban J connectivity index is 2.03. The Kier molecular flexibility index (Phi) is 4.73. The van der Waals surface area contributed by atoms with Crippen molar-refractivity contribution in [1.29, 1.82) is 0 Å². The summed E-state index contributed by atoms with van der Waals surface area (Å²) in [6.45, 7) is 6.92. The highest BCUT2D eigenvalue weighted by atomic mass is 16.5. The number of anilines is 2. The third-order valence-corrected chi connectivity index (χ3v) is 2.87. The zero-order valence-electron chi connectivity index (χ0n) is 11.5. The Morgan fingerprint density at radius 3 is 2.68 bits per heavy atom. The standard InChI is InChI=1S/C12H21N5O2/c1-3-18-8-9(2)19-12-15-10(13)14-11(16-12)17-6-4-5-7-17/h9H,3-8H2,1-2H3,(H2,13,14,15,16). The number of ether oxygens (including phenoxy) is 2. The van der Waals surface area contributed by atoms with Crippen LogP contribution in [0.3, 0.4) is 0 Å².